The van der Waals surface area contributed by atoms with E-state index in [1.807, 2.05) is 78.9 Å². The van der Waals surface area contributed by atoms with E-state index in [9.17, 15) is 29.1 Å². The number of unbranched alkanes of at least 4 members (excludes halogenated alkanes) is 28. The maximum Gasteiger partial charge on any atom is 0.508 e. The van der Waals surface area contributed by atoms with Gasteiger partial charge in [0.25, 0.3) is 0 Å². The summed E-state index contributed by atoms with van der Waals surface area (Å²) in [6.45, 7) is 5.98. The average molecular weight is 1150 g/mol. The quantitative estimate of drug-likeness (QED) is 0.0312. The van der Waals surface area contributed by atoms with E-state index in [0.717, 1.165) is 76.2 Å². The van der Waals surface area contributed by atoms with Gasteiger partial charge in [-0.3, -0.25) is 14.4 Å². The molecule has 0 bridgehead atoms. The van der Waals surface area contributed by atoms with Crippen molar-refractivity contribution < 1.29 is 57.5 Å². The van der Waals surface area contributed by atoms with Crippen LogP contribution >= 0.6 is 0 Å². The highest BCUT2D eigenvalue weighted by atomic mass is 16.7. The number of aliphatic hydroxyl groups is 1. The molecule has 0 radical (unpaired) electrons. The molecule has 83 heavy (non-hydrogen) atoms. The largest absolute Gasteiger partial charge is 0.508 e. The molecule has 0 unspecified atom stereocenters. The molecule has 1 amide bonds. The van der Waals surface area contributed by atoms with Gasteiger partial charge in [-0.05, 0) is 42.4 Å². The van der Waals surface area contributed by atoms with E-state index in [1.54, 1.807) is 12.1 Å². The van der Waals surface area contributed by atoms with Gasteiger partial charge in [-0.25, -0.2) is 9.59 Å². The highest BCUT2D eigenvalue weighted by Crippen LogP contribution is 2.32. The lowest BCUT2D eigenvalue weighted by molar-refractivity contribution is -0.222. The predicted octanol–water partition coefficient (Wildman–Crippen LogP) is 16.8. The van der Waals surface area contributed by atoms with E-state index in [0.29, 0.717) is 30.4 Å². The van der Waals surface area contributed by atoms with Crippen molar-refractivity contribution in [2.24, 2.45) is 0 Å². The van der Waals surface area contributed by atoms with Crippen molar-refractivity contribution in [1.82, 2.24) is 5.32 Å². The number of ether oxygens (including phenoxy) is 6. The van der Waals surface area contributed by atoms with Crippen LogP contribution in [-0.4, -0.2) is 78.2 Å². The second-order valence-electron chi connectivity index (χ2n) is 23.1. The first-order valence-corrected chi connectivity index (χ1v) is 32.8. The third-order valence-corrected chi connectivity index (χ3v) is 15.9. The van der Waals surface area contributed by atoms with Crippen LogP contribution in [0.4, 0.5) is 4.79 Å². The van der Waals surface area contributed by atoms with E-state index in [1.165, 1.54) is 116 Å². The maximum atomic E-state index is 15.0. The molecule has 464 valence electrons. The second-order valence-corrected chi connectivity index (χ2v) is 23.1. The first kappa shape index (κ1) is 70.2. The summed E-state index contributed by atoms with van der Waals surface area (Å²) in [5, 5.41) is 15.2. The third-order valence-electron chi connectivity index (χ3n) is 15.9. The zero-order valence-corrected chi connectivity index (χ0v) is 51.3. The number of carbonyl (C=O) groups is 5. The van der Waals surface area contributed by atoms with Gasteiger partial charge in [-0.1, -0.05) is 292 Å². The van der Waals surface area contributed by atoms with Crippen LogP contribution in [0.2, 0.25) is 0 Å². The number of hydrogen-bond donors (Lipinski definition) is 2. The Kier molecular flexibility index (Phi) is 38.2. The normalized spacial score (nSPS) is 17.1. The van der Waals surface area contributed by atoms with Crippen LogP contribution in [0, 0.1) is 0 Å². The van der Waals surface area contributed by atoms with Gasteiger partial charge in [0.15, 0.2) is 18.3 Å². The second kappa shape index (κ2) is 45.1. The molecule has 1 fully saturated rings. The van der Waals surface area contributed by atoms with Gasteiger partial charge in [-0.15, -0.1) is 0 Å². The first-order chi connectivity index (χ1) is 40.6. The van der Waals surface area contributed by atoms with Gasteiger partial charge in [0.1, 0.15) is 37.6 Å². The fourth-order valence-corrected chi connectivity index (χ4v) is 10.9. The zero-order chi connectivity index (χ0) is 59.4. The lowest BCUT2D eigenvalue weighted by Gasteiger charge is -2.43. The Morgan fingerprint density at radius 3 is 1.42 bits per heavy atom. The molecule has 1 aliphatic rings. The van der Waals surface area contributed by atoms with Crippen molar-refractivity contribution in [2.75, 3.05) is 6.61 Å². The number of benzene rings is 3. The van der Waals surface area contributed by atoms with Crippen LogP contribution in [0.3, 0.4) is 0 Å². The predicted molar refractivity (Wildman–Crippen MR) is 328 cm³/mol. The third kappa shape index (κ3) is 30.9. The molecule has 1 saturated heterocycles. The lowest BCUT2D eigenvalue weighted by atomic mass is 9.91. The molecule has 13 nitrogen and oxygen atoms in total. The van der Waals surface area contributed by atoms with E-state index < -0.39 is 73.3 Å². The fraction of sp³-hybridized carbons (Fsp3) is 0.671. The fourth-order valence-electron chi connectivity index (χ4n) is 10.9. The Morgan fingerprint density at radius 2 is 0.940 bits per heavy atom. The van der Waals surface area contributed by atoms with Gasteiger partial charge in [0.05, 0.1) is 6.42 Å². The number of carbonyl (C=O) groups excluding carboxylic acids is 5. The van der Waals surface area contributed by atoms with Crippen molar-refractivity contribution in [3.05, 3.63) is 108 Å². The number of esters is 3. The highest BCUT2D eigenvalue weighted by molar-refractivity contribution is 5.81. The highest BCUT2D eigenvalue weighted by Gasteiger charge is 2.52. The van der Waals surface area contributed by atoms with E-state index >= 15 is 0 Å². The Hall–Kier alpha value is -5.27. The Labute approximate surface area is 499 Å². The van der Waals surface area contributed by atoms with Crippen molar-refractivity contribution in [3.8, 4) is 0 Å². The lowest BCUT2D eigenvalue weighted by Crippen LogP contribution is -2.67. The summed E-state index contributed by atoms with van der Waals surface area (Å²) >= 11 is 0. The molecule has 2 N–H and O–H groups in total. The number of nitrogens with one attached hydrogen (secondary N) is 1. The van der Waals surface area contributed by atoms with Gasteiger partial charge >= 0.3 is 24.1 Å². The molecule has 1 aliphatic heterocycles. The Morgan fingerprint density at radius 1 is 0.506 bits per heavy atom. The molecule has 6 atom stereocenters. The van der Waals surface area contributed by atoms with Crippen molar-refractivity contribution in [1.29, 1.82) is 0 Å². The standard InChI is InChI=1S/C70H107NO12/c1-4-7-10-13-16-19-21-24-27-30-42-51-61(72)71-64-67(82-63(74)53-59(50-41-29-26-23-18-15-12-9-6-3)80-62(73)52-43-31-28-25-22-20-17-14-11-8-5-2)65(75)60(55-79-70(77)78-54-56-44-35-32-36-45-56)81-68(64)69(76)83-66(57-46-37-33-38-47-57)58-48-39-34-40-49-58/h32-40,44-49,59-60,64-68,75H,4-31,41-43,50-55H2,1-3H3,(H,71,72)/t59-,60-,64-,65-,67-,68+/m1/s1. The number of hydrogen-bond acceptors (Lipinski definition) is 12. The molecule has 0 saturated carbocycles. The van der Waals surface area contributed by atoms with Crippen molar-refractivity contribution in [2.45, 2.75) is 295 Å². The van der Waals surface area contributed by atoms with Gasteiger partial charge in [0.2, 0.25) is 5.91 Å². The van der Waals surface area contributed by atoms with E-state index in [4.69, 9.17) is 28.4 Å². The summed E-state index contributed by atoms with van der Waals surface area (Å²) in [7, 11) is 0. The summed E-state index contributed by atoms with van der Waals surface area (Å²) in [6, 6.07) is 26.0. The first-order valence-electron chi connectivity index (χ1n) is 32.8. The smallest absolute Gasteiger partial charge is 0.462 e. The zero-order valence-electron chi connectivity index (χ0n) is 51.3. The van der Waals surface area contributed by atoms with Crippen LogP contribution in [-0.2, 0) is 54.2 Å². The minimum atomic E-state index is -1.73. The van der Waals surface area contributed by atoms with Gasteiger partial charge in [0, 0.05) is 12.8 Å². The molecule has 13 heteroatoms. The monoisotopic (exact) mass is 1150 g/mol. The molecule has 4 rings (SSSR count). The van der Waals surface area contributed by atoms with Gasteiger partial charge in [-0.2, -0.15) is 0 Å². The van der Waals surface area contributed by atoms with Crippen LogP contribution < -0.4 is 5.32 Å². The summed E-state index contributed by atoms with van der Waals surface area (Å²) in [6.07, 6.45) is 25.8. The molecule has 0 aliphatic carbocycles. The summed E-state index contributed by atoms with van der Waals surface area (Å²) in [4.78, 5) is 70.2. The molecule has 0 spiro atoms. The number of aliphatic hydroxyl groups excluding tert-OH is 1. The van der Waals surface area contributed by atoms with Crippen LogP contribution in [0.25, 0.3) is 0 Å². The minimum absolute atomic E-state index is 0.0827. The Balaban J connectivity index is 1.56. The van der Waals surface area contributed by atoms with Crippen molar-refractivity contribution >= 4 is 30.0 Å². The van der Waals surface area contributed by atoms with Crippen LogP contribution in [0.5, 0.6) is 0 Å². The molecule has 3 aromatic carbocycles. The average Bonchev–Trinajstić information content (AvgIpc) is 3.45. The topological polar surface area (TPSA) is 173 Å². The van der Waals surface area contributed by atoms with Crippen LogP contribution in [0.1, 0.15) is 268 Å². The Bertz CT molecular complexity index is 2100. The number of amides is 1. The van der Waals surface area contributed by atoms with E-state index in [2.05, 4.69) is 26.1 Å². The molecular weight excluding hydrogens is 1050 g/mol. The molecular formula is C70H107NO12. The van der Waals surface area contributed by atoms with E-state index in [-0.39, 0.29) is 31.8 Å². The summed E-state index contributed by atoms with van der Waals surface area (Å²) < 4.78 is 36.0. The van der Waals surface area contributed by atoms with Crippen molar-refractivity contribution in [3.63, 3.8) is 0 Å². The minimum Gasteiger partial charge on any atom is -0.462 e. The summed E-state index contributed by atoms with van der Waals surface area (Å²) in [5.41, 5.74) is 2.06. The number of rotatable bonds is 47. The van der Waals surface area contributed by atoms with Crippen LogP contribution in [0.15, 0.2) is 91.0 Å². The molecule has 3 aromatic rings. The molecule has 1 heterocycles. The van der Waals surface area contributed by atoms with Gasteiger partial charge < -0.3 is 38.8 Å². The maximum absolute atomic E-state index is 15.0. The SMILES string of the molecule is CCCCCCCCCCCCCC(=O)N[C@@H]1[C@@H](OC(=O)C[C@@H](CCCCCCCCCCC)OC(=O)CCCCCCCCCCCCC)[C@H](O)[C@@H](COC(=O)OCc2ccccc2)O[C@@H]1C(=O)OC(c1ccccc1)c1ccccc1. The molecule has 0 aromatic heterocycles. The summed E-state index contributed by atoms with van der Waals surface area (Å²) in [5.74, 6) is -2.52.